The average Bonchev–Trinajstić information content (AvgIpc) is 3.47. The molecule has 2 saturated carbocycles. The molecule has 4 nitrogen and oxygen atoms in total. The van der Waals surface area contributed by atoms with Crippen LogP contribution in [0.4, 0.5) is 0 Å². The van der Waals surface area contributed by atoms with Gasteiger partial charge in [0.1, 0.15) is 0 Å². The molecule has 1 aromatic carbocycles. The molecular weight excluding hydrogens is 312 g/mol. The van der Waals surface area contributed by atoms with E-state index in [2.05, 4.69) is 34.1 Å². The maximum absolute atomic E-state index is 11.7. The molecule has 1 aromatic rings. The first-order chi connectivity index (χ1) is 12.1. The van der Waals surface area contributed by atoms with Crippen molar-refractivity contribution in [3.8, 4) is 0 Å². The molecule has 5 rings (SSSR count). The smallest absolute Gasteiger partial charge is 0.154 e. The van der Waals surface area contributed by atoms with Gasteiger partial charge in [0, 0.05) is 31.6 Å². The topological polar surface area (TPSA) is 43.8 Å². The van der Waals surface area contributed by atoms with Crippen LogP contribution in [0.25, 0.3) is 0 Å². The molecule has 2 spiro atoms. The Hall–Kier alpha value is -1.23. The summed E-state index contributed by atoms with van der Waals surface area (Å²) in [4.78, 5) is 16.4. The first-order valence-electron chi connectivity index (χ1n) is 9.76. The third kappa shape index (κ3) is 3.97. The number of carbonyl (C=O) groups is 1. The molecular formula is C21H30N2O2. The molecule has 0 radical (unpaired) electrons. The molecule has 0 bridgehead atoms. The maximum atomic E-state index is 11.7. The summed E-state index contributed by atoms with van der Waals surface area (Å²) in [5.74, 6) is 0.471. The lowest BCUT2D eigenvalue weighted by atomic mass is 10.1. The van der Waals surface area contributed by atoms with Gasteiger partial charge in [0.05, 0.1) is 13.2 Å². The van der Waals surface area contributed by atoms with Crippen LogP contribution in [-0.2, 0) is 11.3 Å². The lowest BCUT2D eigenvalue weighted by molar-refractivity contribution is -0.120. The quantitative estimate of drug-likeness (QED) is 0.912. The minimum Gasteiger partial charge on any atom is -0.395 e. The lowest BCUT2D eigenvalue weighted by Crippen LogP contribution is -2.24. The standard InChI is InChI=1S/C13H15NO.C8H15NO/c15-12-9-14(10-13(12)6-7-13)8-11-4-2-1-3-5-11;10-6-5-9-4-3-8(7-9)1-2-8/h1-5H,6-10H2;10H,1-7H2. The highest BCUT2D eigenvalue weighted by atomic mass is 16.3. The average molecular weight is 342 g/mol. The predicted molar refractivity (Wildman–Crippen MR) is 98.2 cm³/mol. The Labute approximate surface area is 150 Å². The van der Waals surface area contributed by atoms with E-state index < -0.39 is 0 Å². The molecule has 136 valence electrons. The number of hydrogen-bond acceptors (Lipinski definition) is 4. The van der Waals surface area contributed by atoms with E-state index >= 15 is 0 Å². The molecule has 0 atom stereocenters. The Morgan fingerprint density at radius 3 is 2.28 bits per heavy atom. The fraction of sp³-hybridized carbons (Fsp3) is 0.667. The molecule has 2 aliphatic carbocycles. The number of ketones is 1. The summed E-state index contributed by atoms with van der Waals surface area (Å²) in [5.41, 5.74) is 2.13. The van der Waals surface area contributed by atoms with Crippen LogP contribution < -0.4 is 0 Å². The minimum absolute atomic E-state index is 0.0920. The van der Waals surface area contributed by atoms with Gasteiger partial charge < -0.3 is 10.0 Å². The lowest BCUT2D eigenvalue weighted by Gasteiger charge is -2.14. The highest BCUT2D eigenvalue weighted by Crippen LogP contribution is 2.52. The van der Waals surface area contributed by atoms with E-state index in [4.69, 9.17) is 5.11 Å². The molecule has 1 N–H and O–H groups in total. The van der Waals surface area contributed by atoms with Gasteiger partial charge in [-0.05, 0) is 49.6 Å². The first-order valence-corrected chi connectivity index (χ1v) is 9.76. The van der Waals surface area contributed by atoms with Gasteiger partial charge in [-0.2, -0.15) is 0 Å². The van der Waals surface area contributed by atoms with E-state index in [1.807, 2.05) is 6.07 Å². The van der Waals surface area contributed by atoms with Gasteiger partial charge in [-0.15, -0.1) is 0 Å². The molecule has 0 aromatic heterocycles. The first kappa shape index (κ1) is 17.2. The van der Waals surface area contributed by atoms with Crippen LogP contribution in [0.5, 0.6) is 0 Å². The zero-order valence-electron chi connectivity index (χ0n) is 15.1. The molecule has 4 fully saturated rings. The Morgan fingerprint density at radius 2 is 1.72 bits per heavy atom. The van der Waals surface area contributed by atoms with E-state index in [9.17, 15) is 4.79 Å². The van der Waals surface area contributed by atoms with Gasteiger partial charge in [0.2, 0.25) is 0 Å². The third-order valence-corrected chi connectivity index (χ3v) is 6.48. The largest absolute Gasteiger partial charge is 0.395 e. The molecule has 4 heteroatoms. The highest BCUT2D eigenvalue weighted by molar-refractivity contribution is 5.91. The van der Waals surface area contributed by atoms with E-state index in [0.29, 0.717) is 18.9 Å². The van der Waals surface area contributed by atoms with Crippen molar-refractivity contribution in [1.29, 1.82) is 0 Å². The maximum Gasteiger partial charge on any atom is 0.154 e. The van der Waals surface area contributed by atoms with E-state index in [-0.39, 0.29) is 5.41 Å². The van der Waals surface area contributed by atoms with E-state index in [1.54, 1.807) is 0 Å². The Bertz CT molecular complexity index is 608. The monoisotopic (exact) mass is 342 g/mol. The summed E-state index contributed by atoms with van der Waals surface area (Å²) in [5, 5.41) is 8.68. The summed E-state index contributed by atoms with van der Waals surface area (Å²) >= 11 is 0. The van der Waals surface area contributed by atoms with Crippen LogP contribution in [0.2, 0.25) is 0 Å². The van der Waals surface area contributed by atoms with Crippen molar-refractivity contribution in [1.82, 2.24) is 9.80 Å². The zero-order chi connectivity index (χ0) is 17.3. The SMILES string of the molecule is O=C1CN(Cc2ccccc2)CC12CC2.OCCN1CCC2(CC2)C1. The van der Waals surface area contributed by atoms with Crippen molar-refractivity contribution in [2.45, 2.75) is 38.6 Å². The number of nitrogens with zero attached hydrogens (tertiary/aromatic N) is 2. The number of hydrogen-bond donors (Lipinski definition) is 1. The molecule has 2 heterocycles. The van der Waals surface area contributed by atoms with Crippen LogP contribution in [0.15, 0.2) is 30.3 Å². The number of Topliss-reactive ketones (excluding diaryl/α,β-unsaturated/α-hetero) is 1. The number of rotatable bonds is 4. The van der Waals surface area contributed by atoms with Gasteiger partial charge in [-0.3, -0.25) is 9.69 Å². The van der Waals surface area contributed by atoms with Gasteiger partial charge in [0.15, 0.2) is 5.78 Å². The summed E-state index contributed by atoms with van der Waals surface area (Å²) < 4.78 is 0. The van der Waals surface area contributed by atoms with Gasteiger partial charge >= 0.3 is 0 Å². The van der Waals surface area contributed by atoms with Crippen LogP contribution in [0.1, 0.15) is 37.7 Å². The zero-order valence-corrected chi connectivity index (χ0v) is 15.1. The minimum atomic E-state index is 0.0920. The van der Waals surface area contributed by atoms with Gasteiger partial charge in [-0.25, -0.2) is 0 Å². The summed E-state index contributed by atoms with van der Waals surface area (Å²) in [6.07, 6.45) is 6.51. The fourth-order valence-corrected chi connectivity index (χ4v) is 4.43. The number of benzene rings is 1. The highest BCUT2D eigenvalue weighted by Gasteiger charge is 2.54. The van der Waals surface area contributed by atoms with Crippen LogP contribution in [0, 0.1) is 10.8 Å². The van der Waals surface area contributed by atoms with Gasteiger partial charge in [0.25, 0.3) is 0 Å². The second-order valence-corrected chi connectivity index (χ2v) is 8.58. The van der Waals surface area contributed by atoms with Crippen molar-refractivity contribution in [2.24, 2.45) is 10.8 Å². The Kier molecular flexibility index (Phi) is 4.69. The molecule has 25 heavy (non-hydrogen) atoms. The summed E-state index contributed by atoms with van der Waals surface area (Å²) in [6, 6.07) is 10.4. The molecule has 2 aliphatic heterocycles. The van der Waals surface area contributed by atoms with Crippen molar-refractivity contribution >= 4 is 5.78 Å². The number of β-amino-alcohol motifs (C(OH)–C–C–N with tert-alkyl or cyclic N) is 1. The normalized spacial score (nSPS) is 26.0. The summed E-state index contributed by atoms with van der Waals surface area (Å²) in [7, 11) is 0. The molecule has 2 saturated heterocycles. The van der Waals surface area contributed by atoms with Crippen molar-refractivity contribution < 1.29 is 9.90 Å². The third-order valence-electron chi connectivity index (χ3n) is 6.48. The van der Waals surface area contributed by atoms with E-state index in [0.717, 1.165) is 37.9 Å². The second-order valence-electron chi connectivity index (χ2n) is 8.58. The second kappa shape index (κ2) is 6.82. The molecule has 0 amide bonds. The van der Waals surface area contributed by atoms with Crippen LogP contribution in [0.3, 0.4) is 0 Å². The van der Waals surface area contributed by atoms with Crippen molar-refractivity contribution in [3.63, 3.8) is 0 Å². The Balaban J connectivity index is 0.000000136. The summed E-state index contributed by atoms with van der Waals surface area (Å²) in [6.45, 7) is 6.27. The van der Waals surface area contributed by atoms with E-state index in [1.165, 1.54) is 37.9 Å². The van der Waals surface area contributed by atoms with Crippen LogP contribution >= 0.6 is 0 Å². The van der Waals surface area contributed by atoms with Gasteiger partial charge in [-0.1, -0.05) is 30.3 Å². The fourth-order valence-electron chi connectivity index (χ4n) is 4.43. The van der Waals surface area contributed by atoms with Crippen LogP contribution in [-0.4, -0.2) is 60.0 Å². The number of likely N-dealkylation sites (tertiary alicyclic amines) is 2. The number of aliphatic hydroxyl groups is 1. The number of aliphatic hydroxyl groups excluding tert-OH is 1. The molecule has 0 unspecified atom stereocenters. The predicted octanol–water partition coefficient (Wildman–Crippen LogP) is 2.32. The van der Waals surface area contributed by atoms with Crippen molar-refractivity contribution in [3.05, 3.63) is 35.9 Å². The Morgan fingerprint density at radius 1 is 0.960 bits per heavy atom. The molecule has 4 aliphatic rings. The van der Waals surface area contributed by atoms with Crippen molar-refractivity contribution in [2.75, 3.05) is 39.3 Å². The number of carbonyl (C=O) groups excluding carboxylic acids is 1.